The summed E-state index contributed by atoms with van der Waals surface area (Å²) in [6.07, 6.45) is -0.332. The van der Waals surface area contributed by atoms with E-state index in [1.165, 1.54) is 25.1 Å². The van der Waals surface area contributed by atoms with E-state index in [0.717, 1.165) is 0 Å². The van der Waals surface area contributed by atoms with E-state index in [1.54, 1.807) is 0 Å². The fourth-order valence-corrected chi connectivity index (χ4v) is 3.75. The number of hydrogen-bond acceptors (Lipinski definition) is 3. The lowest BCUT2D eigenvalue weighted by atomic mass is 10.3. The number of rotatable bonds is 5. The molecule has 0 heterocycles. The van der Waals surface area contributed by atoms with E-state index in [-0.39, 0.29) is 21.4 Å². The summed E-state index contributed by atoms with van der Waals surface area (Å²) < 4.78 is 26.2. The highest BCUT2D eigenvalue weighted by Gasteiger charge is 2.24. The number of aliphatic carboxylic acids is 1. The van der Waals surface area contributed by atoms with Crippen LogP contribution in [0.1, 0.15) is 13.3 Å². The molecule has 0 saturated heterocycles. The standard InChI is InChI=1S/C10H11Cl2NO4S/c1-6(5-9(14)15)13-18(16,17)10-7(11)3-2-4-8(10)12/h2-4,6,13H,5H2,1H3,(H,14,15). The van der Waals surface area contributed by atoms with E-state index in [4.69, 9.17) is 28.3 Å². The molecule has 0 radical (unpaired) electrons. The van der Waals surface area contributed by atoms with Gasteiger partial charge in [-0.1, -0.05) is 29.3 Å². The van der Waals surface area contributed by atoms with Gasteiger partial charge in [0.05, 0.1) is 16.5 Å². The van der Waals surface area contributed by atoms with Crippen LogP contribution >= 0.6 is 23.2 Å². The van der Waals surface area contributed by atoms with E-state index in [2.05, 4.69) is 4.72 Å². The quantitative estimate of drug-likeness (QED) is 0.872. The largest absolute Gasteiger partial charge is 0.481 e. The van der Waals surface area contributed by atoms with Crippen molar-refractivity contribution in [2.24, 2.45) is 0 Å². The lowest BCUT2D eigenvalue weighted by molar-refractivity contribution is -0.137. The van der Waals surface area contributed by atoms with Crippen molar-refractivity contribution in [1.29, 1.82) is 0 Å². The van der Waals surface area contributed by atoms with E-state index in [1.807, 2.05) is 0 Å². The Hall–Kier alpha value is -0.820. The molecule has 1 aromatic rings. The minimum absolute atomic E-state index is 0.0162. The third kappa shape index (κ3) is 3.84. The molecule has 0 saturated carbocycles. The molecular formula is C10H11Cl2NO4S. The maximum absolute atomic E-state index is 12.0. The van der Waals surface area contributed by atoms with Gasteiger partial charge in [0.25, 0.3) is 0 Å². The molecule has 0 aromatic heterocycles. The molecule has 0 aliphatic rings. The zero-order valence-electron chi connectivity index (χ0n) is 9.35. The number of carboxylic acid groups (broad SMARTS) is 1. The second-order valence-corrected chi connectivity index (χ2v) is 6.14. The van der Waals surface area contributed by atoms with Crippen molar-refractivity contribution in [2.45, 2.75) is 24.3 Å². The van der Waals surface area contributed by atoms with Crippen molar-refractivity contribution >= 4 is 39.2 Å². The first-order valence-corrected chi connectivity index (χ1v) is 7.16. The van der Waals surface area contributed by atoms with Gasteiger partial charge in [-0.15, -0.1) is 0 Å². The van der Waals surface area contributed by atoms with Gasteiger partial charge in [-0.05, 0) is 19.1 Å². The summed E-state index contributed by atoms with van der Waals surface area (Å²) in [6, 6.07) is 3.54. The molecule has 0 aliphatic carbocycles. The Morgan fingerprint density at radius 1 is 1.39 bits per heavy atom. The van der Waals surface area contributed by atoms with Gasteiger partial charge in [0.15, 0.2) is 0 Å². The Kier molecular flexibility index (Phi) is 4.98. The molecule has 0 bridgehead atoms. The van der Waals surface area contributed by atoms with Crippen LogP contribution in [-0.2, 0) is 14.8 Å². The van der Waals surface area contributed by atoms with Crippen LogP contribution in [0.4, 0.5) is 0 Å². The summed E-state index contributed by atoms with van der Waals surface area (Å²) >= 11 is 11.6. The smallest absolute Gasteiger partial charge is 0.304 e. The summed E-state index contributed by atoms with van der Waals surface area (Å²) in [5, 5.41) is 8.54. The Labute approximate surface area is 115 Å². The van der Waals surface area contributed by atoms with Crippen molar-refractivity contribution in [3.63, 3.8) is 0 Å². The molecule has 0 spiro atoms. The van der Waals surface area contributed by atoms with E-state index in [9.17, 15) is 13.2 Å². The predicted octanol–water partition coefficient (Wildman–Crippen LogP) is 2.13. The lowest BCUT2D eigenvalue weighted by Gasteiger charge is -2.14. The average molecular weight is 312 g/mol. The monoisotopic (exact) mass is 311 g/mol. The molecule has 1 atom stereocenters. The normalized spacial score (nSPS) is 13.3. The van der Waals surface area contributed by atoms with Crippen LogP contribution in [0, 0.1) is 0 Å². The van der Waals surface area contributed by atoms with Crippen molar-refractivity contribution in [2.75, 3.05) is 0 Å². The first-order chi connectivity index (χ1) is 8.24. The molecule has 1 rings (SSSR count). The molecule has 18 heavy (non-hydrogen) atoms. The third-order valence-electron chi connectivity index (χ3n) is 2.02. The van der Waals surface area contributed by atoms with Crippen molar-refractivity contribution < 1.29 is 18.3 Å². The maximum Gasteiger partial charge on any atom is 0.304 e. The summed E-state index contributed by atoms with van der Waals surface area (Å²) in [5.74, 6) is -1.10. The fourth-order valence-electron chi connectivity index (χ4n) is 1.37. The van der Waals surface area contributed by atoms with Crippen LogP contribution < -0.4 is 4.72 Å². The van der Waals surface area contributed by atoms with Gasteiger partial charge in [-0.25, -0.2) is 13.1 Å². The van der Waals surface area contributed by atoms with Gasteiger partial charge in [-0.3, -0.25) is 4.79 Å². The van der Waals surface area contributed by atoms with Crippen molar-refractivity contribution in [3.05, 3.63) is 28.2 Å². The van der Waals surface area contributed by atoms with E-state index < -0.39 is 22.0 Å². The number of halogens is 2. The Bertz CT molecular complexity index is 539. The number of carboxylic acids is 1. The lowest BCUT2D eigenvalue weighted by Crippen LogP contribution is -2.34. The van der Waals surface area contributed by atoms with Gasteiger partial charge < -0.3 is 5.11 Å². The number of carbonyl (C=O) groups is 1. The summed E-state index contributed by atoms with van der Waals surface area (Å²) in [4.78, 5) is 10.2. The zero-order chi connectivity index (χ0) is 13.9. The van der Waals surface area contributed by atoms with Crippen LogP contribution in [0.25, 0.3) is 0 Å². The van der Waals surface area contributed by atoms with Crippen molar-refractivity contribution in [1.82, 2.24) is 4.72 Å². The molecule has 100 valence electrons. The topological polar surface area (TPSA) is 83.5 Å². The predicted molar refractivity (Wildman–Crippen MR) is 68.5 cm³/mol. The number of nitrogens with one attached hydrogen (secondary N) is 1. The molecule has 0 fully saturated rings. The highest BCUT2D eigenvalue weighted by molar-refractivity contribution is 7.89. The molecule has 8 heteroatoms. The number of hydrogen-bond donors (Lipinski definition) is 2. The molecule has 5 nitrogen and oxygen atoms in total. The summed E-state index contributed by atoms with van der Waals surface area (Å²) in [6.45, 7) is 1.44. The second kappa shape index (κ2) is 5.88. The Morgan fingerprint density at radius 3 is 2.33 bits per heavy atom. The van der Waals surface area contributed by atoms with Crippen LogP contribution in [0.3, 0.4) is 0 Å². The minimum Gasteiger partial charge on any atom is -0.481 e. The summed E-state index contributed by atoms with van der Waals surface area (Å²) in [5.41, 5.74) is 0. The maximum atomic E-state index is 12.0. The van der Waals surface area contributed by atoms with Crippen molar-refractivity contribution in [3.8, 4) is 0 Å². The van der Waals surface area contributed by atoms with Gasteiger partial charge in [0.2, 0.25) is 10.0 Å². The number of sulfonamides is 1. The van der Waals surface area contributed by atoms with Gasteiger partial charge >= 0.3 is 5.97 Å². The molecule has 1 aromatic carbocycles. The fraction of sp³-hybridized carbons (Fsp3) is 0.300. The van der Waals surface area contributed by atoms with Crippen LogP contribution in [0.15, 0.2) is 23.1 Å². The zero-order valence-corrected chi connectivity index (χ0v) is 11.7. The van der Waals surface area contributed by atoms with E-state index in [0.29, 0.717) is 0 Å². The Morgan fingerprint density at radius 2 is 1.89 bits per heavy atom. The van der Waals surface area contributed by atoms with Crippen LogP contribution in [-0.4, -0.2) is 25.5 Å². The SMILES string of the molecule is CC(CC(=O)O)NS(=O)(=O)c1c(Cl)cccc1Cl. The van der Waals surface area contributed by atoms with E-state index >= 15 is 0 Å². The van der Waals surface area contributed by atoms with Crippen LogP contribution in [0.5, 0.6) is 0 Å². The molecular weight excluding hydrogens is 301 g/mol. The highest BCUT2D eigenvalue weighted by Crippen LogP contribution is 2.28. The third-order valence-corrected chi connectivity index (χ3v) is 4.57. The second-order valence-electron chi connectivity index (χ2n) is 3.67. The molecule has 2 N–H and O–H groups in total. The van der Waals surface area contributed by atoms with Gasteiger partial charge in [0, 0.05) is 6.04 Å². The molecule has 0 aliphatic heterocycles. The molecule has 1 unspecified atom stereocenters. The summed E-state index contributed by atoms with van der Waals surface area (Å²) in [7, 11) is -3.94. The highest BCUT2D eigenvalue weighted by atomic mass is 35.5. The number of benzene rings is 1. The Balaban J connectivity index is 3.04. The first-order valence-electron chi connectivity index (χ1n) is 4.92. The van der Waals surface area contributed by atoms with Crippen LogP contribution in [0.2, 0.25) is 10.0 Å². The molecule has 0 amide bonds. The van der Waals surface area contributed by atoms with Gasteiger partial charge in [-0.2, -0.15) is 0 Å². The minimum atomic E-state index is -3.94. The first kappa shape index (κ1) is 15.2. The average Bonchev–Trinajstić information content (AvgIpc) is 2.13. The van der Waals surface area contributed by atoms with Gasteiger partial charge in [0.1, 0.15) is 4.90 Å².